The maximum atomic E-state index is 12.6. The van der Waals surface area contributed by atoms with E-state index in [4.69, 9.17) is 16.3 Å². The Bertz CT molecular complexity index is 630. The van der Waals surface area contributed by atoms with Crippen LogP contribution in [-0.4, -0.2) is 12.0 Å². The molecule has 122 valence electrons. The van der Waals surface area contributed by atoms with Gasteiger partial charge in [0.2, 0.25) is 0 Å². The van der Waals surface area contributed by atoms with Crippen molar-refractivity contribution >= 4 is 17.5 Å². The molecule has 0 bridgehead atoms. The van der Waals surface area contributed by atoms with Crippen LogP contribution in [0.15, 0.2) is 54.6 Å². The molecule has 3 nitrogen and oxygen atoms in total. The average Bonchev–Trinajstić information content (AvgIpc) is 2.59. The summed E-state index contributed by atoms with van der Waals surface area (Å²) in [5, 5.41) is 3.57. The zero-order chi connectivity index (χ0) is 16.7. The van der Waals surface area contributed by atoms with Gasteiger partial charge in [0.25, 0.3) is 5.91 Å². The van der Waals surface area contributed by atoms with Crippen LogP contribution in [0.25, 0.3) is 0 Å². The molecule has 1 N–H and O–H groups in total. The van der Waals surface area contributed by atoms with E-state index in [-0.39, 0.29) is 11.9 Å². The highest BCUT2D eigenvalue weighted by atomic mass is 35.5. The van der Waals surface area contributed by atoms with Gasteiger partial charge < -0.3 is 10.1 Å². The third kappa shape index (κ3) is 4.73. The summed E-state index contributed by atoms with van der Waals surface area (Å²) >= 11 is 6.10. The number of halogens is 1. The van der Waals surface area contributed by atoms with E-state index in [1.54, 1.807) is 12.1 Å². The quantitative estimate of drug-likeness (QED) is 0.794. The largest absolute Gasteiger partial charge is 0.479 e. The smallest absolute Gasteiger partial charge is 0.261 e. The minimum Gasteiger partial charge on any atom is -0.479 e. The standard InChI is InChI=1S/C19H22ClNO2/c1-3-16(14-10-6-5-7-11-14)21-19(22)17(4-2)23-18-13-9-8-12-15(18)20/h5-13,16-17H,3-4H2,1-2H3,(H,21,22)/t16-,17-/m0/s1. The number of hydrogen-bond acceptors (Lipinski definition) is 2. The van der Waals surface area contributed by atoms with Crippen molar-refractivity contribution in [3.8, 4) is 5.75 Å². The predicted molar refractivity (Wildman–Crippen MR) is 93.8 cm³/mol. The molecule has 0 saturated carbocycles. The van der Waals surface area contributed by atoms with Gasteiger partial charge in [0.15, 0.2) is 6.10 Å². The van der Waals surface area contributed by atoms with E-state index in [0.717, 1.165) is 12.0 Å². The molecule has 0 aliphatic carbocycles. The second-order valence-corrected chi connectivity index (χ2v) is 5.73. The summed E-state index contributed by atoms with van der Waals surface area (Å²) in [6.45, 7) is 3.97. The topological polar surface area (TPSA) is 38.3 Å². The number of rotatable bonds is 7. The Hall–Kier alpha value is -2.00. The number of hydrogen-bond donors (Lipinski definition) is 1. The number of nitrogens with one attached hydrogen (secondary N) is 1. The second kappa shape index (κ2) is 8.59. The summed E-state index contributed by atoms with van der Waals surface area (Å²) in [6.07, 6.45) is 0.827. The fraction of sp³-hybridized carbons (Fsp3) is 0.316. The lowest BCUT2D eigenvalue weighted by Gasteiger charge is -2.22. The maximum absolute atomic E-state index is 12.6. The number of ether oxygens (including phenoxy) is 1. The fourth-order valence-corrected chi connectivity index (χ4v) is 2.57. The molecule has 2 aromatic carbocycles. The van der Waals surface area contributed by atoms with Crippen molar-refractivity contribution < 1.29 is 9.53 Å². The highest BCUT2D eigenvalue weighted by Crippen LogP contribution is 2.25. The minimum absolute atomic E-state index is 0.0207. The first-order chi connectivity index (χ1) is 11.2. The van der Waals surface area contributed by atoms with Gasteiger partial charge in [0.05, 0.1) is 11.1 Å². The maximum Gasteiger partial charge on any atom is 0.261 e. The zero-order valence-electron chi connectivity index (χ0n) is 13.5. The van der Waals surface area contributed by atoms with Crippen molar-refractivity contribution in [2.45, 2.75) is 38.8 Å². The first kappa shape index (κ1) is 17.4. The van der Waals surface area contributed by atoms with Crippen LogP contribution in [0, 0.1) is 0 Å². The van der Waals surface area contributed by atoms with E-state index in [0.29, 0.717) is 17.2 Å². The summed E-state index contributed by atoms with van der Waals surface area (Å²) < 4.78 is 5.79. The molecule has 0 radical (unpaired) electrons. The first-order valence-corrected chi connectivity index (χ1v) is 8.30. The number of para-hydroxylation sites is 1. The Morgan fingerprint density at radius 2 is 1.70 bits per heavy atom. The van der Waals surface area contributed by atoms with Crippen LogP contribution >= 0.6 is 11.6 Å². The third-order valence-electron chi connectivity index (χ3n) is 3.70. The van der Waals surface area contributed by atoms with Crippen molar-refractivity contribution in [2.75, 3.05) is 0 Å². The van der Waals surface area contributed by atoms with E-state index in [1.165, 1.54) is 0 Å². The zero-order valence-corrected chi connectivity index (χ0v) is 14.2. The lowest BCUT2D eigenvalue weighted by molar-refractivity contribution is -0.128. The molecular weight excluding hydrogens is 310 g/mol. The first-order valence-electron chi connectivity index (χ1n) is 7.92. The van der Waals surface area contributed by atoms with Crippen molar-refractivity contribution in [3.63, 3.8) is 0 Å². The highest BCUT2D eigenvalue weighted by Gasteiger charge is 2.22. The lowest BCUT2D eigenvalue weighted by atomic mass is 10.0. The third-order valence-corrected chi connectivity index (χ3v) is 4.01. The molecule has 0 heterocycles. The second-order valence-electron chi connectivity index (χ2n) is 5.33. The summed E-state index contributed by atoms with van der Waals surface area (Å²) in [5.74, 6) is 0.409. The van der Waals surface area contributed by atoms with Gasteiger partial charge in [0.1, 0.15) is 5.75 Å². The molecule has 0 spiro atoms. The van der Waals surface area contributed by atoms with Gasteiger partial charge in [-0.1, -0.05) is 67.9 Å². The van der Waals surface area contributed by atoms with Crippen molar-refractivity contribution in [3.05, 3.63) is 65.2 Å². The summed E-state index contributed by atoms with van der Waals surface area (Å²) in [4.78, 5) is 12.6. The van der Waals surface area contributed by atoms with E-state index < -0.39 is 6.10 Å². The van der Waals surface area contributed by atoms with Gasteiger partial charge in [-0.25, -0.2) is 0 Å². The Morgan fingerprint density at radius 3 is 2.30 bits per heavy atom. The monoisotopic (exact) mass is 331 g/mol. The molecule has 0 aliphatic heterocycles. The fourth-order valence-electron chi connectivity index (χ4n) is 2.39. The van der Waals surface area contributed by atoms with E-state index in [2.05, 4.69) is 5.32 Å². The molecular formula is C19H22ClNO2. The Morgan fingerprint density at radius 1 is 1.04 bits per heavy atom. The Balaban J connectivity index is 2.06. The average molecular weight is 332 g/mol. The van der Waals surface area contributed by atoms with Crippen LogP contribution in [0.2, 0.25) is 5.02 Å². The molecule has 0 aliphatic rings. The van der Waals surface area contributed by atoms with Crippen molar-refractivity contribution in [1.82, 2.24) is 5.32 Å². The van der Waals surface area contributed by atoms with Crippen LogP contribution in [0.1, 0.15) is 38.3 Å². The summed E-state index contributed by atoms with van der Waals surface area (Å²) in [5.41, 5.74) is 1.09. The molecule has 2 aromatic rings. The van der Waals surface area contributed by atoms with Crippen LogP contribution in [0.3, 0.4) is 0 Å². The van der Waals surface area contributed by atoms with Crippen molar-refractivity contribution in [1.29, 1.82) is 0 Å². The van der Waals surface area contributed by atoms with Crippen LogP contribution in [0.4, 0.5) is 0 Å². The number of benzene rings is 2. The van der Waals surface area contributed by atoms with Gasteiger partial charge >= 0.3 is 0 Å². The van der Waals surface area contributed by atoms with Gasteiger partial charge in [-0.3, -0.25) is 4.79 Å². The Kier molecular flexibility index (Phi) is 6.48. The normalized spacial score (nSPS) is 13.2. The summed E-state index contributed by atoms with van der Waals surface area (Å²) in [7, 11) is 0. The highest BCUT2D eigenvalue weighted by molar-refractivity contribution is 6.32. The number of amides is 1. The van der Waals surface area contributed by atoms with Crippen LogP contribution in [0.5, 0.6) is 5.75 Å². The number of carbonyl (C=O) groups is 1. The molecule has 1 amide bonds. The van der Waals surface area contributed by atoms with Crippen LogP contribution < -0.4 is 10.1 Å². The van der Waals surface area contributed by atoms with E-state index in [9.17, 15) is 4.79 Å². The predicted octanol–water partition coefficient (Wildman–Crippen LogP) is 4.76. The van der Waals surface area contributed by atoms with Crippen molar-refractivity contribution in [2.24, 2.45) is 0 Å². The Labute approximate surface area is 142 Å². The number of carbonyl (C=O) groups excluding carboxylic acids is 1. The summed E-state index contributed by atoms with van der Waals surface area (Å²) in [6, 6.07) is 17.1. The minimum atomic E-state index is -0.562. The molecule has 2 atom stereocenters. The van der Waals surface area contributed by atoms with E-state index in [1.807, 2.05) is 56.3 Å². The molecule has 0 unspecified atom stereocenters. The molecule has 2 rings (SSSR count). The lowest BCUT2D eigenvalue weighted by Crippen LogP contribution is -2.40. The van der Waals surface area contributed by atoms with E-state index >= 15 is 0 Å². The SMILES string of the molecule is CC[C@H](Oc1ccccc1Cl)C(=O)N[C@@H](CC)c1ccccc1. The molecule has 23 heavy (non-hydrogen) atoms. The molecule has 0 fully saturated rings. The van der Waals surface area contributed by atoms with Gasteiger partial charge in [0, 0.05) is 0 Å². The van der Waals surface area contributed by atoms with Gasteiger partial charge in [-0.2, -0.15) is 0 Å². The molecule has 0 saturated heterocycles. The van der Waals surface area contributed by atoms with Gasteiger partial charge in [-0.15, -0.1) is 0 Å². The van der Waals surface area contributed by atoms with Gasteiger partial charge in [-0.05, 0) is 30.5 Å². The molecule has 0 aromatic heterocycles. The van der Waals surface area contributed by atoms with Crippen LogP contribution in [-0.2, 0) is 4.79 Å². The molecule has 4 heteroatoms.